The molecular formula is C21H19FN2O3. The monoisotopic (exact) mass is 366 g/mol. The minimum Gasteiger partial charge on any atom is -0.504 e. The Morgan fingerprint density at radius 2 is 1.78 bits per heavy atom. The average Bonchev–Trinajstić information content (AvgIpc) is 2.69. The van der Waals surface area contributed by atoms with Crippen LogP contribution in [0.1, 0.15) is 5.56 Å². The summed E-state index contributed by atoms with van der Waals surface area (Å²) in [5.41, 5.74) is 1.94. The van der Waals surface area contributed by atoms with Gasteiger partial charge in [0, 0.05) is 11.4 Å². The Balaban J connectivity index is 1.89. The van der Waals surface area contributed by atoms with Gasteiger partial charge in [0.2, 0.25) is 0 Å². The summed E-state index contributed by atoms with van der Waals surface area (Å²) in [7, 11) is 1.46. The molecule has 2 N–H and O–H groups in total. The molecule has 0 atom stereocenters. The van der Waals surface area contributed by atoms with E-state index in [1.807, 2.05) is 18.2 Å². The number of hydrogen-bond donors (Lipinski definition) is 2. The zero-order chi connectivity index (χ0) is 19.2. The van der Waals surface area contributed by atoms with Crippen LogP contribution in [0, 0.1) is 5.82 Å². The second-order valence-electron chi connectivity index (χ2n) is 5.86. The maximum absolute atomic E-state index is 13.3. The molecule has 2 amide bonds. The van der Waals surface area contributed by atoms with Crippen molar-refractivity contribution in [2.75, 3.05) is 17.3 Å². The largest absolute Gasteiger partial charge is 0.504 e. The number of aromatic hydroxyl groups is 1. The van der Waals surface area contributed by atoms with Gasteiger partial charge in [-0.1, -0.05) is 24.3 Å². The molecule has 0 radical (unpaired) electrons. The first kappa shape index (κ1) is 18.3. The van der Waals surface area contributed by atoms with Crippen molar-refractivity contribution in [1.82, 2.24) is 0 Å². The molecule has 138 valence electrons. The lowest BCUT2D eigenvalue weighted by Gasteiger charge is -2.24. The number of halogens is 1. The number of phenols is 1. The molecule has 5 nitrogen and oxygen atoms in total. The van der Waals surface area contributed by atoms with E-state index in [-0.39, 0.29) is 24.1 Å². The van der Waals surface area contributed by atoms with Crippen molar-refractivity contribution in [2.24, 2.45) is 0 Å². The molecular weight excluding hydrogens is 347 g/mol. The third kappa shape index (κ3) is 4.55. The van der Waals surface area contributed by atoms with Crippen LogP contribution in [0.25, 0.3) is 0 Å². The van der Waals surface area contributed by atoms with E-state index in [4.69, 9.17) is 4.74 Å². The van der Waals surface area contributed by atoms with Gasteiger partial charge in [0.15, 0.2) is 11.5 Å². The normalized spacial score (nSPS) is 10.3. The summed E-state index contributed by atoms with van der Waals surface area (Å²) in [4.78, 5) is 14.3. The van der Waals surface area contributed by atoms with Gasteiger partial charge in [-0.25, -0.2) is 9.18 Å². The second-order valence-corrected chi connectivity index (χ2v) is 5.86. The molecule has 0 saturated carbocycles. The summed E-state index contributed by atoms with van der Waals surface area (Å²) < 4.78 is 18.4. The maximum Gasteiger partial charge on any atom is 0.326 e. The van der Waals surface area contributed by atoms with E-state index in [0.717, 1.165) is 5.56 Å². The number of urea groups is 1. The number of methoxy groups -OCH3 is 1. The summed E-state index contributed by atoms with van der Waals surface area (Å²) in [6.45, 7) is 0.209. The van der Waals surface area contributed by atoms with E-state index < -0.39 is 0 Å². The molecule has 0 saturated heterocycles. The Hall–Kier alpha value is -3.54. The van der Waals surface area contributed by atoms with E-state index in [1.54, 1.807) is 24.3 Å². The highest BCUT2D eigenvalue weighted by Crippen LogP contribution is 2.28. The van der Waals surface area contributed by atoms with Gasteiger partial charge in [0.25, 0.3) is 0 Å². The van der Waals surface area contributed by atoms with E-state index in [9.17, 15) is 14.3 Å². The molecule has 0 aliphatic heterocycles. The quantitative estimate of drug-likeness (QED) is 0.683. The van der Waals surface area contributed by atoms with E-state index in [0.29, 0.717) is 17.1 Å². The van der Waals surface area contributed by atoms with Crippen LogP contribution in [0.3, 0.4) is 0 Å². The van der Waals surface area contributed by atoms with Crippen LogP contribution in [-0.4, -0.2) is 18.2 Å². The van der Waals surface area contributed by atoms with Crippen molar-refractivity contribution in [3.8, 4) is 11.5 Å². The van der Waals surface area contributed by atoms with E-state index >= 15 is 0 Å². The van der Waals surface area contributed by atoms with Gasteiger partial charge in [-0.2, -0.15) is 0 Å². The predicted octanol–water partition coefficient (Wildman–Crippen LogP) is 4.78. The zero-order valence-electron chi connectivity index (χ0n) is 14.7. The molecule has 3 aromatic carbocycles. The lowest BCUT2D eigenvalue weighted by Crippen LogP contribution is -2.34. The number of ether oxygens (including phenoxy) is 1. The highest BCUT2D eigenvalue weighted by molar-refractivity contribution is 6.01. The van der Waals surface area contributed by atoms with Crippen molar-refractivity contribution in [3.05, 3.63) is 84.2 Å². The number of nitrogens with one attached hydrogen (secondary N) is 1. The Morgan fingerprint density at radius 1 is 1.07 bits per heavy atom. The van der Waals surface area contributed by atoms with Gasteiger partial charge in [0.05, 0.1) is 13.7 Å². The van der Waals surface area contributed by atoms with Crippen LogP contribution in [0.5, 0.6) is 11.5 Å². The molecule has 0 aliphatic carbocycles. The van der Waals surface area contributed by atoms with Crippen LogP contribution in [0.4, 0.5) is 20.6 Å². The van der Waals surface area contributed by atoms with Gasteiger partial charge in [-0.3, -0.25) is 4.90 Å². The minimum atomic E-state index is -0.381. The van der Waals surface area contributed by atoms with Crippen molar-refractivity contribution < 1.29 is 19.0 Å². The molecule has 3 aromatic rings. The van der Waals surface area contributed by atoms with Gasteiger partial charge < -0.3 is 15.2 Å². The Labute approximate surface area is 156 Å². The molecule has 0 bridgehead atoms. The molecule has 0 unspecified atom stereocenters. The number of amides is 2. The number of hydrogen-bond acceptors (Lipinski definition) is 3. The van der Waals surface area contributed by atoms with Crippen molar-refractivity contribution in [1.29, 1.82) is 0 Å². The molecule has 27 heavy (non-hydrogen) atoms. The Kier molecular flexibility index (Phi) is 5.56. The number of benzene rings is 3. The first-order valence-corrected chi connectivity index (χ1v) is 8.32. The van der Waals surface area contributed by atoms with Crippen LogP contribution in [0.15, 0.2) is 72.8 Å². The standard InChI is InChI=1S/C21H19FN2O3/c1-27-20-13-15(7-12-19(20)25)14-24(18-10-8-16(22)9-11-18)21(26)23-17-5-3-2-4-6-17/h2-13,25H,14H2,1H3,(H,23,26). The third-order valence-corrected chi connectivity index (χ3v) is 3.99. The van der Waals surface area contributed by atoms with Crippen LogP contribution in [-0.2, 0) is 6.54 Å². The summed E-state index contributed by atoms with van der Waals surface area (Å²) in [6.07, 6.45) is 0. The fourth-order valence-corrected chi connectivity index (χ4v) is 2.62. The minimum absolute atomic E-state index is 0.0170. The third-order valence-electron chi connectivity index (χ3n) is 3.99. The summed E-state index contributed by atoms with van der Waals surface area (Å²) in [6, 6.07) is 19.2. The van der Waals surface area contributed by atoms with Gasteiger partial charge >= 0.3 is 6.03 Å². The lowest BCUT2D eigenvalue weighted by atomic mass is 10.1. The fraction of sp³-hybridized carbons (Fsp3) is 0.0952. The van der Waals surface area contributed by atoms with Gasteiger partial charge in [-0.05, 0) is 54.1 Å². The number of carbonyl (C=O) groups is 1. The molecule has 6 heteroatoms. The van der Waals surface area contributed by atoms with Crippen molar-refractivity contribution in [3.63, 3.8) is 0 Å². The van der Waals surface area contributed by atoms with Crippen LogP contribution < -0.4 is 15.0 Å². The summed E-state index contributed by atoms with van der Waals surface area (Å²) >= 11 is 0. The van der Waals surface area contributed by atoms with Gasteiger partial charge in [0.1, 0.15) is 5.82 Å². The van der Waals surface area contributed by atoms with Crippen LogP contribution >= 0.6 is 0 Å². The first-order chi connectivity index (χ1) is 13.1. The fourth-order valence-electron chi connectivity index (χ4n) is 2.62. The predicted molar refractivity (Wildman–Crippen MR) is 103 cm³/mol. The first-order valence-electron chi connectivity index (χ1n) is 8.32. The van der Waals surface area contributed by atoms with Crippen LogP contribution in [0.2, 0.25) is 0 Å². The number of nitrogens with zero attached hydrogens (tertiary/aromatic N) is 1. The topological polar surface area (TPSA) is 61.8 Å². The molecule has 0 fully saturated rings. The van der Waals surface area contributed by atoms with E-state index in [2.05, 4.69) is 5.32 Å². The smallest absolute Gasteiger partial charge is 0.326 e. The number of anilines is 2. The Morgan fingerprint density at radius 3 is 2.44 bits per heavy atom. The highest BCUT2D eigenvalue weighted by Gasteiger charge is 2.17. The average molecular weight is 366 g/mol. The lowest BCUT2D eigenvalue weighted by molar-refractivity contribution is 0.256. The summed E-state index contributed by atoms with van der Waals surface area (Å²) in [5.74, 6) is -0.0492. The molecule has 0 spiro atoms. The number of phenolic OH excluding ortho intramolecular Hbond substituents is 1. The van der Waals surface area contributed by atoms with Crippen molar-refractivity contribution in [2.45, 2.75) is 6.54 Å². The molecule has 0 heterocycles. The van der Waals surface area contributed by atoms with Gasteiger partial charge in [-0.15, -0.1) is 0 Å². The van der Waals surface area contributed by atoms with E-state index in [1.165, 1.54) is 42.3 Å². The number of carbonyl (C=O) groups excluding carboxylic acids is 1. The number of para-hydroxylation sites is 1. The second kappa shape index (κ2) is 8.23. The SMILES string of the molecule is COc1cc(CN(C(=O)Nc2ccccc2)c2ccc(F)cc2)ccc1O. The van der Waals surface area contributed by atoms with Crippen molar-refractivity contribution >= 4 is 17.4 Å². The molecule has 3 rings (SSSR count). The number of rotatable bonds is 5. The maximum atomic E-state index is 13.3. The zero-order valence-corrected chi connectivity index (χ0v) is 14.7. The Bertz CT molecular complexity index is 914. The highest BCUT2D eigenvalue weighted by atomic mass is 19.1. The molecule has 0 aliphatic rings. The molecule has 0 aromatic heterocycles. The summed E-state index contributed by atoms with van der Waals surface area (Å²) in [5, 5.41) is 12.6.